The van der Waals surface area contributed by atoms with Gasteiger partial charge in [0, 0.05) is 56.9 Å². The molecule has 1 aliphatic carbocycles. The molecule has 6 rings (SSSR count). The van der Waals surface area contributed by atoms with Crippen LogP contribution in [-0.4, -0.2) is 68.9 Å². The van der Waals surface area contributed by atoms with E-state index in [-0.39, 0.29) is 18.0 Å². The first-order chi connectivity index (χ1) is 17.0. The molecule has 3 aromatic rings. The summed E-state index contributed by atoms with van der Waals surface area (Å²) in [5.41, 5.74) is 9.55. The maximum absolute atomic E-state index is 13.5. The molecular formula is C26H34N6O3. The number of ether oxygens (including phenoxy) is 2. The van der Waals surface area contributed by atoms with Crippen LogP contribution in [-0.2, 0) is 18.3 Å². The van der Waals surface area contributed by atoms with Gasteiger partial charge >= 0.3 is 0 Å². The summed E-state index contributed by atoms with van der Waals surface area (Å²) in [4.78, 5) is 25.3. The molecule has 2 N–H and O–H groups in total. The summed E-state index contributed by atoms with van der Waals surface area (Å²) >= 11 is 0. The number of aromatic nitrogens is 4. The standard InChI is InChI=1S/C26H34N6O3/c1-4-31-20(13-28-24(31)15-7-9-35-10-8-15)25-29-18-11-17(12-21(34-3)23(18)30(25)2)26(33)32-14-16-5-6-19(32)22(16)27/h11-13,15-16,19,22H,4-10,14,27H2,1-3H3/t16-,19-,22-/m1/s1. The van der Waals surface area contributed by atoms with Crippen LogP contribution in [0.5, 0.6) is 5.75 Å². The second kappa shape index (κ2) is 8.64. The number of piperidine rings is 1. The van der Waals surface area contributed by atoms with Crippen molar-refractivity contribution in [1.29, 1.82) is 0 Å². The Bertz CT molecular complexity index is 1270. The van der Waals surface area contributed by atoms with Gasteiger partial charge in [-0.1, -0.05) is 0 Å². The van der Waals surface area contributed by atoms with E-state index in [0.717, 1.165) is 80.4 Å². The van der Waals surface area contributed by atoms with Crippen LogP contribution in [0.4, 0.5) is 0 Å². The van der Waals surface area contributed by atoms with E-state index in [1.807, 2.05) is 34.8 Å². The van der Waals surface area contributed by atoms with Crippen molar-refractivity contribution >= 4 is 16.9 Å². The van der Waals surface area contributed by atoms with Crippen molar-refractivity contribution in [2.45, 2.75) is 57.2 Å². The van der Waals surface area contributed by atoms with Crippen molar-refractivity contribution in [2.24, 2.45) is 18.7 Å². The van der Waals surface area contributed by atoms with Gasteiger partial charge in [0.1, 0.15) is 22.8 Å². The van der Waals surface area contributed by atoms with Crippen LogP contribution in [0.25, 0.3) is 22.6 Å². The van der Waals surface area contributed by atoms with E-state index in [1.54, 1.807) is 7.11 Å². The van der Waals surface area contributed by atoms with Crippen molar-refractivity contribution in [1.82, 2.24) is 24.0 Å². The topological polar surface area (TPSA) is 100 Å². The van der Waals surface area contributed by atoms with Crippen molar-refractivity contribution in [3.05, 3.63) is 29.7 Å². The van der Waals surface area contributed by atoms with E-state index in [2.05, 4.69) is 11.5 Å². The Labute approximate surface area is 205 Å². The fourth-order valence-electron chi connectivity index (χ4n) is 6.45. The van der Waals surface area contributed by atoms with Crippen LogP contribution >= 0.6 is 0 Å². The minimum atomic E-state index is 0.0143. The largest absolute Gasteiger partial charge is 0.494 e. The third kappa shape index (κ3) is 3.47. The molecule has 1 amide bonds. The Morgan fingerprint density at radius 3 is 2.69 bits per heavy atom. The molecule has 2 saturated heterocycles. The molecule has 3 fully saturated rings. The monoisotopic (exact) mass is 478 g/mol. The summed E-state index contributed by atoms with van der Waals surface area (Å²) in [5, 5.41) is 0. The number of imidazole rings is 2. The van der Waals surface area contributed by atoms with E-state index in [0.29, 0.717) is 23.1 Å². The maximum Gasteiger partial charge on any atom is 0.254 e. The van der Waals surface area contributed by atoms with E-state index < -0.39 is 0 Å². The molecule has 0 radical (unpaired) electrons. The van der Waals surface area contributed by atoms with Gasteiger partial charge in [-0.15, -0.1) is 0 Å². The molecule has 1 aromatic carbocycles. The molecule has 9 heteroatoms. The minimum Gasteiger partial charge on any atom is -0.494 e. The SMILES string of the molecule is CCn1c(-c2nc3cc(C(=O)N4C[C@H]5CC[C@@H]4[C@@H]5N)cc(OC)c3n2C)cnc1C1CCOCC1. The first kappa shape index (κ1) is 22.5. The van der Waals surface area contributed by atoms with Crippen LogP contribution in [0.1, 0.15) is 54.7 Å². The molecule has 0 unspecified atom stereocenters. The summed E-state index contributed by atoms with van der Waals surface area (Å²) in [6.07, 6.45) is 6.00. The van der Waals surface area contributed by atoms with Crippen LogP contribution in [0.15, 0.2) is 18.3 Å². The number of hydrogen-bond donors (Lipinski definition) is 1. The highest BCUT2D eigenvalue weighted by Gasteiger charge is 2.47. The van der Waals surface area contributed by atoms with Gasteiger partial charge in [-0.05, 0) is 50.7 Å². The molecule has 3 atom stereocenters. The van der Waals surface area contributed by atoms with Gasteiger partial charge < -0.3 is 29.2 Å². The number of fused-ring (bicyclic) bond motifs is 3. The first-order valence-corrected chi connectivity index (χ1v) is 12.8. The lowest BCUT2D eigenvalue weighted by atomic mass is 9.99. The van der Waals surface area contributed by atoms with Crippen molar-refractivity contribution < 1.29 is 14.3 Å². The molecule has 35 heavy (non-hydrogen) atoms. The van der Waals surface area contributed by atoms with Gasteiger partial charge in [0.15, 0.2) is 5.82 Å². The number of nitrogens with zero attached hydrogens (tertiary/aromatic N) is 5. The predicted molar refractivity (Wildman–Crippen MR) is 132 cm³/mol. The Morgan fingerprint density at radius 2 is 2.03 bits per heavy atom. The third-order valence-electron chi connectivity index (χ3n) is 8.33. The van der Waals surface area contributed by atoms with Gasteiger partial charge in [0.2, 0.25) is 0 Å². The second-order valence-corrected chi connectivity index (χ2v) is 10.1. The average Bonchev–Trinajstić information content (AvgIpc) is 3.64. The summed E-state index contributed by atoms with van der Waals surface area (Å²) in [6.45, 7) is 5.25. The molecule has 1 saturated carbocycles. The lowest BCUT2D eigenvalue weighted by molar-refractivity contribution is 0.0700. The summed E-state index contributed by atoms with van der Waals surface area (Å²) in [7, 11) is 3.64. The Morgan fingerprint density at radius 1 is 1.23 bits per heavy atom. The number of hydrogen-bond acceptors (Lipinski definition) is 6. The smallest absolute Gasteiger partial charge is 0.254 e. The molecule has 186 valence electrons. The number of likely N-dealkylation sites (tertiary alicyclic amines) is 1. The Kier molecular flexibility index (Phi) is 5.56. The molecular weight excluding hydrogens is 444 g/mol. The Hall–Kier alpha value is -2.91. The van der Waals surface area contributed by atoms with Gasteiger partial charge in [-0.2, -0.15) is 0 Å². The van der Waals surface area contributed by atoms with E-state index >= 15 is 0 Å². The van der Waals surface area contributed by atoms with Crippen LogP contribution in [0.2, 0.25) is 0 Å². The van der Waals surface area contributed by atoms with Crippen molar-refractivity contribution in [2.75, 3.05) is 26.9 Å². The fourth-order valence-corrected chi connectivity index (χ4v) is 6.45. The van der Waals surface area contributed by atoms with Gasteiger partial charge in [-0.3, -0.25) is 4.79 Å². The van der Waals surface area contributed by atoms with Gasteiger partial charge in [0.25, 0.3) is 5.91 Å². The fraction of sp³-hybridized carbons (Fsp3) is 0.577. The second-order valence-electron chi connectivity index (χ2n) is 10.1. The number of amides is 1. The number of aryl methyl sites for hydroxylation is 1. The molecule has 2 aromatic heterocycles. The molecule has 2 aliphatic heterocycles. The maximum atomic E-state index is 13.5. The number of carbonyl (C=O) groups is 1. The van der Waals surface area contributed by atoms with Gasteiger partial charge in [0.05, 0.1) is 18.8 Å². The highest BCUT2D eigenvalue weighted by molar-refractivity contribution is 6.00. The molecule has 2 bridgehead atoms. The average molecular weight is 479 g/mol. The zero-order chi connectivity index (χ0) is 24.3. The predicted octanol–water partition coefficient (Wildman–Crippen LogP) is 2.92. The number of carbonyl (C=O) groups excluding carboxylic acids is 1. The lowest BCUT2D eigenvalue weighted by Gasteiger charge is -2.27. The molecule has 0 spiro atoms. The van der Waals surface area contributed by atoms with Crippen molar-refractivity contribution in [3.8, 4) is 17.3 Å². The summed E-state index contributed by atoms with van der Waals surface area (Å²) in [6, 6.07) is 3.96. The summed E-state index contributed by atoms with van der Waals surface area (Å²) < 4.78 is 15.6. The lowest BCUT2D eigenvalue weighted by Crippen LogP contribution is -2.41. The van der Waals surface area contributed by atoms with E-state index in [4.69, 9.17) is 25.2 Å². The zero-order valence-electron chi connectivity index (χ0n) is 20.7. The normalized spacial score (nSPS) is 24.6. The zero-order valence-corrected chi connectivity index (χ0v) is 20.7. The highest BCUT2D eigenvalue weighted by atomic mass is 16.5. The molecule has 3 aliphatic rings. The van der Waals surface area contributed by atoms with Crippen molar-refractivity contribution in [3.63, 3.8) is 0 Å². The number of methoxy groups -OCH3 is 1. The van der Waals surface area contributed by atoms with Crippen LogP contribution < -0.4 is 10.5 Å². The first-order valence-electron chi connectivity index (χ1n) is 12.8. The quantitative estimate of drug-likeness (QED) is 0.605. The van der Waals surface area contributed by atoms with Crippen LogP contribution in [0, 0.1) is 5.92 Å². The summed E-state index contributed by atoms with van der Waals surface area (Å²) in [5.74, 6) is 3.38. The number of nitrogens with two attached hydrogens (primary N) is 1. The highest BCUT2D eigenvalue weighted by Crippen LogP contribution is 2.39. The van der Waals surface area contributed by atoms with Gasteiger partial charge in [-0.25, -0.2) is 9.97 Å². The Balaban J connectivity index is 1.40. The number of rotatable bonds is 5. The molecule has 9 nitrogen and oxygen atoms in total. The third-order valence-corrected chi connectivity index (χ3v) is 8.33. The molecule has 4 heterocycles. The number of benzene rings is 1. The van der Waals surface area contributed by atoms with Crippen LogP contribution in [0.3, 0.4) is 0 Å². The van der Waals surface area contributed by atoms with E-state index in [1.165, 1.54) is 0 Å². The minimum absolute atomic E-state index is 0.0143. The van der Waals surface area contributed by atoms with E-state index in [9.17, 15) is 4.79 Å².